The van der Waals surface area contributed by atoms with Crippen molar-refractivity contribution in [3.8, 4) is 22.6 Å². The minimum atomic E-state index is -1.32. The third-order valence-corrected chi connectivity index (χ3v) is 3.70. The molecule has 1 heterocycles. The van der Waals surface area contributed by atoms with E-state index in [0.717, 1.165) is 0 Å². The highest BCUT2D eigenvalue weighted by molar-refractivity contribution is 6.05. The molecular formula is C18H14O6. The molecule has 122 valence electrons. The summed E-state index contributed by atoms with van der Waals surface area (Å²) in [5.74, 6) is -0.769. The van der Waals surface area contributed by atoms with E-state index in [1.54, 1.807) is 42.5 Å². The SMILES string of the molecule is COc1ccc(-c2c(C(=O)O)oc(=O)c3ccccc23)cc1OC. The summed E-state index contributed by atoms with van der Waals surface area (Å²) in [6.45, 7) is 0. The van der Waals surface area contributed by atoms with Gasteiger partial charge in [-0.25, -0.2) is 9.59 Å². The van der Waals surface area contributed by atoms with E-state index in [9.17, 15) is 14.7 Å². The van der Waals surface area contributed by atoms with Gasteiger partial charge < -0.3 is 19.0 Å². The summed E-state index contributed by atoms with van der Waals surface area (Å²) in [4.78, 5) is 23.6. The van der Waals surface area contributed by atoms with E-state index >= 15 is 0 Å². The van der Waals surface area contributed by atoms with E-state index in [0.29, 0.717) is 33.4 Å². The van der Waals surface area contributed by atoms with E-state index in [-0.39, 0.29) is 0 Å². The van der Waals surface area contributed by atoms with Crippen molar-refractivity contribution < 1.29 is 23.8 Å². The summed E-state index contributed by atoms with van der Waals surface area (Å²) < 4.78 is 15.5. The molecule has 24 heavy (non-hydrogen) atoms. The van der Waals surface area contributed by atoms with E-state index in [1.165, 1.54) is 14.2 Å². The van der Waals surface area contributed by atoms with Crippen LogP contribution in [0.25, 0.3) is 21.9 Å². The number of aromatic carboxylic acids is 1. The Kier molecular flexibility index (Phi) is 3.95. The number of methoxy groups -OCH3 is 2. The van der Waals surface area contributed by atoms with Crippen LogP contribution < -0.4 is 15.1 Å². The van der Waals surface area contributed by atoms with Crippen molar-refractivity contribution in [3.05, 3.63) is 58.6 Å². The number of hydrogen-bond acceptors (Lipinski definition) is 5. The zero-order valence-electron chi connectivity index (χ0n) is 13.0. The Bertz CT molecular complexity index is 986. The van der Waals surface area contributed by atoms with E-state index in [2.05, 4.69) is 0 Å². The van der Waals surface area contributed by atoms with Crippen LogP contribution in [0.5, 0.6) is 11.5 Å². The highest BCUT2D eigenvalue weighted by atomic mass is 16.5. The van der Waals surface area contributed by atoms with Gasteiger partial charge in [0.2, 0.25) is 5.76 Å². The summed E-state index contributed by atoms with van der Waals surface area (Å²) in [7, 11) is 3.00. The monoisotopic (exact) mass is 326 g/mol. The zero-order chi connectivity index (χ0) is 17.3. The first-order chi connectivity index (χ1) is 11.6. The summed E-state index contributed by atoms with van der Waals surface area (Å²) in [5.41, 5.74) is 0.177. The molecule has 1 aromatic heterocycles. The predicted octanol–water partition coefficient (Wildman–Crippen LogP) is 3.18. The molecule has 0 radical (unpaired) electrons. The normalized spacial score (nSPS) is 10.6. The average Bonchev–Trinajstić information content (AvgIpc) is 2.61. The number of ether oxygens (including phenoxy) is 2. The molecule has 0 saturated carbocycles. The minimum Gasteiger partial charge on any atom is -0.493 e. The van der Waals surface area contributed by atoms with Crippen LogP contribution in [0.2, 0.25) is 0 Å². The number of benzene rings is 2. The molecule has 0 aliphatic rings. The van der Waals surface area contributed by atoms with Crippen LogP contribution in [-0.2, 0) is 0 Å². The lowest BCUT2D eigenvalue weighted by atomic mass is 9.98. The predicted molar refractivity (Wildman–Crippen MR) is 88.0 cm³/mol. The highest BCUT2D eigenvalue weighted by Crippen LogP contribution is 2.36. The Morgan fingerprint density at radius 1 is 1.00 bits per heavy atom. The first-order valence-electron chi connectivity index (χ1n) is 7.08. The van der Waals surface area contributed by atoms with Crippen molar-refractivity contribution in [1.82, 2.24) is 0 Å². The van der Waals surface area contributed by atoms with Crippen molar-refractivity contribution in [2.45, 2.75) is 0 Å². The molecule has 0 bridgehead atoms. The average molecular weight is 326 g/mol. The van der Waals surface area contributed by atoms with Crippen LogP contribution >= 0.6 is 0 Å². The second-order valence-electron chi connectivity index (χ2n) is 5.01. The number of rotatable bonds is 4. The van der Waals surface area contributed by atoms with Gasteiger partial charge >= 0.3 is 11.6 Å². The number of hydrogen-bond donors (Lipinski definition) is 1. The van der Waals surface area contributed by atoms with Gasteiger partial charge in [0.05, 0.1) is 19.6 Å². The Balaban J connectivity index is 2.40. The smallest absolute Gasteiger partial charge is 0.372 e. The maximum atomic E-state index is 12.0. The molecular weight excluding hydrogens is 312 g/mol. The van der Waals surface area contributed by atoms with E-state index < -0.39 is 17.4 Å². The Morgan fingerprint density at radius 3 is 2.29 bits per heavy atom. The summed E-state index contributed by atoms with van der Waals surface area (Å²) in [6.07, 6.45) is 0. The molecule has 0 spiro atoms. The molecule has 0 aliphatic heterocycles. The van der Waals surface area contributed by atoms with Crippen LogP contribution in [0.4, 0.5) is 0 Å². The highest BCUT2D eigenvalue weighted by Gasteiger charge is 2.21. The topological polar surface area (TPSA) is 86.0 Å². The lowest BCUT2D eigenvalue weighted by Gasteiger charge is -2.12. The number of carbonyl (C=O) groups is 1. The lowest BCUT2D eigenvalue weighted by Crippen LogP contribution is -2.09. The van der Waals surface area contributed by atoms with Gasteiger partial charge in [0.15, 0.2) is 11.5 Å². The van der Waals surface area contributed by atoms with Crippen LogP contribution in [-0.4, -0.2) is 25.3 Å². The quantitative estimate of drug-likeness (QED) is 0.792. The van der Waals surface area contributed by atoms with Crippen molar-refractivity contribution in [2.75, 3.05) is 14.2 Å². The van der Waals surface area contributed by atoms with Crippen LogP contribution in [0, 0.1) is 0 Å². The molecule has 0 fully saturated rings. The third kappa shape index (κ3) is 2.48. The number of fused-ring (bicyclic) bond motifs is 1. The Labute approximate surface area is 136 Å². The molecule has 3 aromatic rings. The standard InChI is InChI=1S/C18H14O6/c1-22-13-8-7-10(9-14(13)23-2)15-11-5-3-4-6-12(11)18(21)24-16(15)17(19)20/h3-9H,1-2H3,(H,19,20). The number of carboxylic acid groups (broad SMARTS) is 1. The van der Waals surface area contributed by atoms with Gasteiger partial charge in [-0.1, -0.05) is 24.3 Å². The molecule has 6 nitrogen and oxygen atoms in total. The third-order valence-electron chi connectivity index (χ3n) is 3.70. The summed E-state index contributed by atoms with van der Waals surface area (Å²) >= 11 is 0. The maximum absolute atomic E-state index is 12.0. The van der Waals surface area contributed by atoms with Crippen LogP contribution in [0.3, 0.4) is 0 Å². The van der Waals surface area contributed by atoms with Crippen LogP contribution in [0.1, 0.15) is 10.6 Å². The zero-order valence-corrected chi connectivity index (χ0v) is 13.0. The molecule has 2 aromatic carbocycles. The van der Waals surface area contributed by atoms with Crippen molar-refractivity contribution in [2.24, 2.45) is 0 Å². The van der Waals surface area contributed by atoms with Crippen LogP contribution in [0.15, 0.2) is 51.7 Å². The minimum absolute atomic E-state index is 0.312. The van der Waals surface area contributed by atoms with E-state index in [4.69, 9.17) is 13.9 Å². The Hall–Kier alpha value is -3.28. The fourth-order valence-corrected chi connectivity index (χ4v) is 2.63. The molecule has 3 rings (SSSR count). The molecule has 6 heteroatoms. The molecule has 0 unspecified atom stereocenters. The second kappa shape index (κ2) is 6.08. The summed E-state index contributed by atoms with van der Waals surface area (Å²) in [5, 5.41) is 10.3. The van der Waals surface area contributed by atoms with Gasteiger partial charge in [0.25, 0.3) is 0 Å². The van der Waals surface area contributed by atoms with Crippen molar-refractivity contribution in [1.29, 1.82) is 0 Å². The van der Waals surface area contributed by atoms with Crippen molar-refractivity contribution >= 4 is 16.7 Å². The first-order valence-corrected chi connectivity index (χ1v) is 7.08. The lowest BCUT2D eigenvalue weighted by molar-refractivity contribution is 0.0659. The molecule has 0 atom stereocenters. The van der Waals surface area contributed by atoms with Gasteiger partial charge in [-0.3, -0.25) is 0 Å². The van der Waals surface area contributed by atoms with Gasteiger partial charge in [0, 0.05) is 10.9 Å². The van der Waals surface area contributed by atoms with Gasteiger partial charge in [-0.2, -0.15) is 0 Å². The van der Waals surface area contributed by atoms with Crippen molar-refractivity contribution in [3.63, 3.8) is 0 Å². The van der Waals surface area contributed by atoms with Gasteiger partial charge in [0.1, 0.15) is 0 Å². The first kappa shape index (κ1) is 15.6. The second-order valence-corrected chi connectivity index (χ2v) is 5.01. The maximum Gasteiger partial charge on any atom is 0.372 e. The summed E-state index contributed by atoms with van der Waals surface area (Å²) in [6, 6.07) is 11.7. The molecule has 1 N–H and O–H groups in total. The molecule has 0 saturated heterocycles. The van der Waals surface area contributed by atoms with Gasteiger partial charge in [-0.15, -0.1) is 0 Å². The molecule has 0 amide bonds. The fourth-order valence-electron chi connectivity index (χ4n) is 2.63. The van der Waals surface area contributed by atoms with Gasteiger partial charge in [-0.05, 0) is 23.8 Å². The Morgan fingerprint density at radius 2 is 1.67 bits per heavy atom. The fraction of sp³-hybridized carbons (Fsp3) is 0.111. The largest absolute Gasteiger partial charge is 0.493 e. The van der Waals surface area contributed by atoms with E-state index in [1.807, 2.05) is 0 Å². The number of carboxylic acids is 1. The molecule has 0 aliphatic carbocycles.